The van der Waals surface area contributed by atoms with Gasteiger partial charge in [0.1, 0.15) is 11.9 Å². The highest BCUT2D eigenvalue weighted by Crippen LogP contribution is 2.28. The first-order chi connectivity index (χ1) is 9.15. The second-order valence-electron chi connectivity index (χ2n) is 4.08. The molecule has 1 aromatic carbocycles. The quantitative estimate of drug-likeness (QED) is 0.635. The third-order valence-corrected chi connectivity index (χ3v) is 2.75. The lowest BCUT2D eigenvalue weighted by Crippen LogP contribution is -2.04. The number of hydrogen-bond donors (Lipinski definition) is 2. The maximum absolute atomic E-state index is 9.57. The number of aromatic hydroxyl groups is 1. The molecule has 0 saturated heterocycles. The summed E-state index contributed by atoms with van der Waals surface area (Å²) in [5.74, 6) is 0.841. The highest BCUT2D eigenvalue weighted by Gasteiger charge is 2.18. The number of nitrogens with two attached hydrogens (primary N) is 1. The number of benzene rings is 1. The zero-order valence-corrected chi connectivity index (χ0v) is 11.0. The van der Waals surface area contributed by atoms with Crippen LogP contribution in [-0.2, 0) is 4.74 Å². The van der Waals surface area contributed by atoms with Gasteiger partial charge in [0.15, 0.2) is 0 Å². The Labute approximate surface area is 111 Å². The first-order valence-corrected chi connectivity index (χ1v) is 6.19. The molecule has 6 nitrogen and oxygen atoms in total. The SMILES string of the molecule is CCOC(CC)c1noc(-c2ccc(N)c(O)c2)n1. The molecule has 1 unspecified atom stereocenters. The Morgan fingerprint density at radius 2 is 2.21 bits per heavy atom. The van der Waals surface area contributed by atoms with E-state index in [1.165, 1.54) is 6.07 Å². The van der Waals surface area contributed by atoms with Crippen molar-refractivity contribution in [3.05, 3.63) is 24.0 Å². The van der Waals surface area contributed by atoms with Crippen LogP contribution in [0.1, 0.15) is 32.2 Å². The number of phenolic OH excluding ortho intramolecular Hbond substituents is 1. The average Bonchev–Trinajstić information content (AvgIpc) is 2.88. The fourth-order valence-electron chi connectivity index (χ4n) is 1.74. The molecule has 0 aliphatic heterocycles. The summed E-state index contributed by atoms with van der Waals surface area (Å²) in [4.78, 5) is 4.29. The van der Waals surface area contributed by atoms with Gasteiger partial charge in [-0.05, 0) is 31.5 Å². The van der Waals surface area contributed by atoms with E-state index in [1.54, 1.807) is 12.1 Å². The molecule has 1 heterocycles. The number of ether oxygens (including phenoxy) is 1. The second-order valence-corrected chi connectivity index (χ2v) is 4.08. The number of rotatable bonds is 5. The number of phenols is 1. The van der Waals surface area contributed by atoms with Crippen molar-refractivity contribution in [2.45, 2.75) is 26.4 Å². The van der Waals surface area contributed by atoms with Crippen LogP contribution in [0.4, 0.5) is 5.69 Å². The molecular formula is C13H17N3O3. The molecule has 0 aliphatic rings. The molecule has 0 radical (unpaired) electrons. The van der Waals surface area contributed by atoms with Gasteiger partial charge in [0.05, 0.1) is 5.69 Å². The minimum Gasteiger partial charge on any atom is -0.506 e. The van der Waals surface area contributed by atoms with E-state index in [0.29, 0.717) is 29.6 Å². The van der Waals surface area contributed by atoms with Gasteiger partial charge in [-0.2, -0.15) is 4.98 Å². The van der Waals surface area contributed by atoms with E-state index < -0.39 is 0 Å². The Kier molecular flexibility index (Phi) is 4.01. The summed E-state index contributed by atoms with van der Waals surface area (Å²) in [6.07, 6.45) is 0.588. The Balaban J connectivity index is 2.27. The predicted molar refractivity (Wildman–Crippen MR) is 70.5 cm³/mol. The molecule has 0 amide bonds. The van der Waals surface area contributed by atoms with Gasteiger partial charge in [0, 0.05) is 12.2 Å². The van der Waals surface area contributed by atoms with Gasteiger partial charge in [-0.1, -0.05) is 12.1 Å². The summed E-state index contributed by atoms with van der Waals surface area (Å²) >= 11 is 0. The van der Waals surface area contributed by atoms with Gasteiger partial charge in [-0.15, -0.1) is 0 Å². The first-order valence-electron chi connectivity index (χ1n) is 6.19. The number of nitrogens with zero attached hydrogens (tertiary/aromatic N) is 2. The normalized spacial score (nSPS) is 12.5. The fraction of sp³-hybridized carbons (Fsp3) is 0.385. The van der Waals surface area contributed by atoms with Crippen LogP contribution in [-0.4, -0.2) is 21.9 Å². The third kappa shape index (κ3) is 2.85. The number of aromatic nitrogens is 2. The summed E-state index contributed by atoms with van der Waals surface area (Å²) in [6, 6.07) is 4.80. The lowest BCUT2D eigenvalue weighted by Gasteiger charge is -2.09. The second kappa shape index (κ2) is 5.71. The van der Waals surface area contributed by atoms with Crippen molar-refractivity contribution < 1.29 is 14.4 Å². The summed E-state index contributed by atoms with van der Waals surface area (Å²) in [7, 11) is 0. The summed E-state index contributed by atoms with van der Waals surface area (Å²) < 4.78 is 10.7. The van der Waals surface area contributed by atoms with E-state index in [4.69, 9.17) is 15.0 Å². The van der Waals surface area contributed by atoms with E-state index in [9.17, 15) is 5.11 Å². The minimum absolute atomic E-state index is 0.00546. The molecule has 3 N–H and O–H groups in total. The molecule has 2 rings (SSSR count). The zero-order chi connectivity index (χ0) is 13.8. The van der Waals surface area contributed by atoms with Crippen LogP contribution in [0, 0.1) is 0 Å². The molecule has 19 heavy (non-hydrogen) atoms. The van der Waals surface area contributed by atoms with Crippen molar-refractivity contribution in [2.24, 2.45) is 0 Å². The molecule has 1 atom stereocenters. The molecular weight excluding hydrogens is 246 g/mol. The van der Waals surface area contributed by atoms with Crippen LogP contribution >= 0.6 is 0 Å². The van der Waals surface area contributed by atoms with Crippen molar-refractivity contribution in [3.63, 3.8) is 0 Å². The van der Waals surface area contributed by atoms with Crippen LogP contribution in [0.2, 0.25) is 0 Å². The smallest absolute Gasteiger partial charge is 0.258 e. The van der Waals surface area contributed by atoms with E-state index in [1.807, 2.05) is 13.8 Å². The molecule has 0 aliphatic carbocycles. The molecule has 1 aromatic heterocycles. The van der Waals surface area contributed by atoms with E-state index in [-0.39, 0.29) is 11.9 Å². The van der Waals surface area contributed by atoms with Crippen LogP contribution < -0.4 is 5.73 Å². The van der Waals surface area contributed by atoms with Crippen molar-refractivity contribution >= 4 is 5.69 Å². The van der Waals surface area contributed by atoms with Gasteiger partial charge in [0.25, 0.3) is 5.89 Å². The Morgan fingerprint density at radius 3 is 2.84 bits per heavy atom. The molecule has 6 heteroatoms. The molecule has 0 saturated carbocycles. The van der Waals surface area contributed by atoms with Crippen LogP contribution in [0.5, 0.6) is 5.75 Å². The number of hydrogen-bond acceptors (Lipinski definition) is 6. The number of nitrogen functional groups attached to an aromatic ring is 1. The van der Waals surface area contributed by atoms with Gasteiger partial charge in [0.2, 0.25) is 5.82 Å². The lowest BCUT2D eigenvalue weighted by molar-refractivity contribution is 0.0518. The Bertz CT molecular complexity index is 554. The van der Waals surface area contributed by atoms with Crippen LogP contribution in [0.25, 0.3) is 11.5 Å². The monoisotopic (exact) mass is 263 g/mol. The standard InChI is InChI=1S/C13H17N3O3/c1-3-11(18-4-2)12-15-13(19-16-12)8-5-6-9(14)10(17)7-8/h5-7,11,17H,3-4,14H2,1-2H3. The van der Waals surface area contributed by atoms with E-state index in [2.05, 4.69) is 10.1 Å². The maximum atomic E-state index is 9.57. The molecule has 0 fully saturated rings. The van der Waals surface area contributed by atoms with Gasteiger partial charge in [-0.25, -0.2) is 0 Å². The topological polar surface area (TPSA) is 94.4 Å². The van der Waals surface area contributed by atoms with Gasteiger partial charge < -0.3 is 20.1 Å². The van der Waals surface area contributed by atoms with Crippen molar-refractivity contribution in [1.29, 1.82) is 0 Å². The van der Waals surface area contributed by atoms with Gasteiger partial charge in [-0.3, -0.25) is 0 Å². The average molecular weight is 263 g/mol. The largest absolute Gasteiger partial charge is 0.506 e. The predicted octanol–water partition coefficient (Wildman–Crippen LogP) is 2.51. The Hall–Kier alpha value is -2.08. The molecule has 102 valence electrons. The van der Waals surface area contributed by atoms with Crippen molar-refractivity contribution in [3.8, 4) is 17.2 Å². The van der Waals surface area contributed by atoms with E-state index in [0.717, 1.165) is 6.42 Å². The summed E-state index contributed by atoms with van der Waals surface area (Å²) in [5, 5.41) is 13.5. The van der Waals surface area contributed by atoms with Gasteiger partial charge >= 0.3 is 0 Å². The fourth-order valence-corrected chi connectivity index (χ4v) is 1.74. The lowest BCUT2D eigenvalue weighted by atomic mass is 10.2. The van der Waals surface area contributed by atoms with Crippen LogP contribution in [0.3, 0.4) is 0 Å². The molecule has 2 aromatic rings. The number of anilines is 1. The highest BCUT2D eigenvalue weighted by atomic mass is 16.5. The molecule has 0 spiro atoms. The minimum atomic E-state index is -0.176. The zero-order valence-electron chi connectivity index (χ0n) is 11.0. The van der Waals surface area contributed by atoms with Crippen LogP contribution in [0.15, 0.2) is 22.7 Å². The third-order valence-electron chi connectivity index (χ3n) is 2.75. The maximum Gasteiger partial charge on any atom is 0.258 e. The van der Waals surface area contributed by atoms with Crippen molar-refractivity contribution in [2.75, 3.05) is 12.3 Å². The summed E-state index contributed by atoms with van der Waals surface area (Å²) in [5.41, 5.74) is 6.48. The van der Waals surface area contributed by atoms with E-state index >= 15 is 0 Å². The molecule has 0 bridgehead atoms. The summed E-state index contributed by atoms with van der Waals surface area (Å²) in [6.45, 7) is 4.50. The first kappa shape index (κ1) is 13.4. The van der Waals surface area contributed by atoms with Crippen molar-refractivity contribution in [1.82, 2.24) is 10.1 Å². The Morgan fingerprint density at radius 1 is 1.42 bits per heavy atom. The highest BCUT2D eigenvalue weighted by molar-refractivity contribution is 5.63.